The monoisotopic (exact) mass is 455 g/mol. The number of hydrogen-bond acceptors (Lipinski definition) is 5. The molecule has 0 fully saturated rings. The molecule has 0 aliphatic heterocycles. The van der Waals surface area contributed by atoms with Gasteiger partial charge in [0.1, 0.15) is 5.58 Å². The number of ether oxygens (including phenoxy) is 1. The Morgan fingerprint density at radius 1 is 0.912 bits per heavy atom. The van der Waals surface area contributed by atoms with E-state index in [2.05, 4.69) is 20.8 Å². The van der Waals surface area contributed by atoms with Gasteiger partial charge in [-0.15, -0.1) is 0 Å². The average molecular weight is 456 g/mol. The lowest BCUT2D eigenvalue weighted by Crippen LogP contribution is -2.17. The van der Waals surface area contributed by atoms with Crippen LogP contribution in [0.5, 0.6) is 5.75 Å². The summed E-state index contributed by atoms with van der Waals surface area (Å²) in [7, 11) is 3.85. The zero-order valence-electron chi connectivity index (χ0n) is 20.4. The molecule has 5 nitrogen and oxygen atoms in total. The molecule has 5 heteroatoms. The number of carbonyl (C=O) groups is 1. The maximum atomic E-state index is 13.4. The third-order valence-corrected chi connectivity index (χ3v) is 5.83. The molecule has 0 radical (unpaired) electrons. The fourth-order valence-electron chi connectivity index (χ4n) is 3.73. The van der Waals surface area contributed by atoms with Gasteiger partial charge in [-0.1, -0.05) is 51.1 Å². The topological polar surface area (TPSA) is 59.8 Å². The highest BCUT2D eigenvalue weighted by Gasteiger charge is 2.22. The van der Waals surface area contributed by atoms with Gasteiger partial charge in [-0.2, -0.15) is 0 Å². The first-order valence-corrected chi connectivity index (χ1v) is 11.2. The van der Waals surface area contributed by atoms with E-state index >= 15 is 0 Å². The van der Waals surface area contributed by atoms with Gasteiger partial charge in [0.2, 0.25) is 11.2 Å². The summed E-state index contributed by atoms with van der Waals surface area (Å²) in [6, 6.07) is 20.2. The van der Waals surface area contributed by atoms with Crippen LogP contribution in [0.1, 0.15) is 42.3 Å². The summed E-state index contributed by atoms with van der Waals surface area (Å²) < 4.78 is 11.9. The maximum Gasteiger partial charge on any atom is 0.343 e. The molecule has 0 atom stereocenters. The summed E-state index contributed by atoms with van der Waals surface area (Å²) in [5, 5.41) is 0.367. The second-order valence-electron chi connectivity index (χ2n) is 9.75. The van der Waals surface area contributed by atoms with Crippen molar-refractivity contribution >= 4 is 22.6 Å². The summed E-state index contributed by atoms with van der Waals surface area (Å²) >= 11 is 0. The van der Waals surface area contributed by atoms with Crippen LogP contribution in [0.4, 0.5) is 5.69 Å². The van der Waals surface area contributed by atoms with Crippen LogP contribution in [0.2, 0.25) is 0 Å². The van der Waals surface area contributed by atoms with Crippen molar-refractivity contribution in [2.45, 2.75) is 33.1 Å². The van der Waals surface area contributed by atoms with E-state index in [-0.39, 0.29) is 22.4 Å². The summed E-state index contributed by atoms with van der Waals surface area (Å²) in [6.45, 7) is 8.34. The van der Waals surface area contributed by atoms with Crippen molar-refractivity contribution in [2.24, 2.45) is 0 Å². The number of aryl methyl sites for hydroxylation is 1. The minimum Gasteiger partial charge on any atom is -0.452 e. The Labute approximate surface area is 199 Å². The van der Waals surface area contributed by atoms with Gasteiger partial charge in [0.15, 0.2) is 5.76 Å². The van der Waals surface area contributed by atoms with Crippen LogP contribution < -0.4 is 15.1 Å². The molecule has 0 spiro atoms. The fourth-order valence-corrected chi connectivity index (χ4v) is 3.73. The van der Waals surface area contributed by atoms with Crippen molar-refractivity contribution in [1.29, 1.82) is 0 Å². The molecule has 0 unspecified atom stereocenters. The van der Waals surface area contributed by atoms with Crippen molar-refractivity contribution in [3.8, 4) is 17.1 Å². The molecule has 0 saturated heterocycles. The van der Waals surface area contributed by atoms with Crippen LogP contribution in [0.15, 0.2) is 75.9 Å². The molecule has 4 rings (SSSR count). The number of anilines is 1. The predicted octanol–water partition coefficient (Wildman–Crippen LogP) is 6.35. The molecule has 0 saturated carbocycles. The first kappa shape index (κ1) is 23.3. The normalized spacial score (nSPS) is 11.5. The quantitative estimate of drug-likeness (QED) is 0.336. The first-order chi connectivity index (χ1) is 16.0. The molecule has 3 aromatic carbocycles. The molecule has 1 aromatic heterocycles. The van der Waals surface area contributed by atoms with Gasteiger partial charge in [-0.3, -0.25) is 4.79 Å². The Morgan fingerprint density at radius 2 is 1.56 bits per heavy atom. The van der Waals surface area contributed by atoms with Crippen molar-refractivity contribution in [3.05, 3.63) is 93.6 Å². The van der Waals surface area contributed by atoms with Crippen molar-refractivity contribution in [2.75, 3.05) is 19.0 Å². The van der Waals surface area contributed by atoms with Crippen LogP contribution in [0.3, 0.4) is 0 Å². The molecule has 174 valence electrons. The molecule has 0 bridgehead atoms. The van der Waals surface area contributed by atoms with Crippen LogP contribution >= 0.6 is 0 Å². The van der Waals surface area contributed by atoms with Crippen molar-refractivity contribution in [3.63, 3.8) is 0 Å². The molecular formula is C29H29NO4. The van der Waals surface area contributed by atoms with E-state index in [0.29, 0.717) is 22.1 Å². The summed E-state index contributed by atoms with van der Waals surface area (Å²) in [5.74, 6) is -0.486. The number of carbonyl (C=O) groups excluding carboxylic acids is 1. The predicted molar refractivity (Wildman–Crippen MR) is 137 cm³/mol. The van der Waals surface area contributed by atoms with Crippen LogP contribution in [0, 0.1) is 6.92 Å². The highest BCUT2D eigenvalue weighted by atomic mass is 16.5. The minimum atomic E-state index is -0.614. The van der Waals surface area contributed by atoms with E-state index in [9.17, 15) is 9.59 Å². The Morgan fingerprint density at radius 3 is 2.15 bits per heavy atom. The van der Waals surface area contributed by atoms with Crippen LogP contribution in [0.25, 0.3) is 22.3 Å². The van der Waals surface area contributed by atoms with E-state index in [1.165, 1.54) is 0 Å². The van der Waals surface area contributed by atoms with E-state index < -0.39 is 5.97 Å². The third kappa shape index (κ3) is 4.60. The molecule has 34 heavy (non-hydrogen) atoms. The maximum absolute atomic E-state index is 13.4. The van der Waals surface area contributed by atoms with Gasteiger partial charge in [-0.05, 0) is 59.9 Å². The van der Waals surface area contributed by atoms with E-state index in [0.717, 1.165) is 16.8 Å². The van der Waals surface area contributed by atoms with E-state index in [4.69, 9.17) is 9.15 Å². The van der Waals surface area contributed by atoms with Crippen molar-refractivity contribution in [1.82, 2.24) is 0 Å². The first-order valence-electron chi connectivity index (χ1n) is 11.2. The smallest absolute Gasteiger partial charge is 0.343 e. The Hall–Kier alpha value is -3.86. The number of benzene rings is 3. The molecule has 0 amide bonds. The van der Waals surface area contributed by atoms with E-state index in [1.807, 2.05) is 74.4 Å². The molecular weight excluding hydrogens is 426 g/mol. The van der Waals surface area contributed by atoms with Gasteiger partial charge in [0.05, 0.1) is 10.9 Å². The Bertz CT molecular complexity index is 1410. The molecule has 1 heterocycles. The third-order valence-electron chi connectivity index (χ3n) is 5.83. The number of nitrogens with zero attached hydrogens (tertiary/aromatic N) is 1. The van der Waals surface area contributed by atoms with Crippen LogP contribution in [-0.4, -0.2) is 20.1 Å². The Kier molecular flexibility index (Phi) is 6.05. The molecule has 0 N–H and O–H groups in total. The number of hydrogen-bond donors (Lipinski definition) is 0. The van der Waals surface area contributed by atoms with Gasteiger partial charge < -0.3 is 14.1 Å². The van der Waals surface area contributed by atoms with Crippen LogP contribution in [-0.2, 0) is 5.41 Å². The minimum absolute atomic E-state index is 0.0200. The fraction of sp³-hybridized carbons (Fsp3) is 0.241. The average Bonchev–Trinajstić information content (AvgIpc) is 2.80. The Balaban J connectivity index is 1.82. The molecule has 0 aliphatic carbocycles. The van der Waals surface area contributed by atoms with Gasteiger partial charge in [0, 0.05) is 25.3 Å². The standard InChI is InChI=1S/C29H29NO4/c1-18-7-16-23-24(17-18)33-26(19-8-12-21(13-9-19)29(2,3)4)27(25(23)31)34-28(32)20-10-14-22(15-11-20)30(5)6/h7-17H,1-6H3. The lowest BCUT2D eigenvalue weighted by molar-refractivity contribution is 0.0731. The second-order valence-corrected chi connectivity index (χ2v) is 9.75. The summed E-state index contributed by atoms with van der Waals surface area (Å²) in [6.07, 6.45) is 0. The lowest BCUT2D eigenvalue weighted by Gasteiger charge is -2.19. The van der Waals surface area contributed by atoms with E-state index in [1.54, 1.807) is 18.2 Å². The summed E-state index contributed by atoms with van der Waals surface area (Å²) in [5.41, 5.74) is 4.14. The zero-order chi connectivity index (χ0) is 24.6. The van der Waals surface area contributed by atoms with Gasteiger partial charge >= 0.3 is 5.97 Å². The largest absolute Gasteiger partial charge is 0.452 e. The highest BCUT2D eigenvalue weighted by molar-refractivity contribution is 5.93. The number of fused-ring (bicyclic) bond motifs is 1. The molecule has 4 aromatic rings. The summed E-state index contributed by atoms with van der Waals surface area (Å²) in [4.78, 5) is 28.4. The lowest BCUT2D eigenvalue weighted by atomic mass is 9.86. The zero-order valence-corrected chi connectivity index (χ0v) is 20.4. The highest BCUT2D eigenvalue weighted by Crippen LogP contribution is 2.33. The molecule has 0 aliphatic rings. The van der Waals surface area contributed by atoms with Gasteiger partial charge in [-0.25, -0.2) is 4.79 Å². The van der Waals surface area contributed by atoms with Crippen molar-refractivity contribution < 1.29 is 13.9 Å². The SMILES string of the molecule is Cc1ccc2c(=O)c(OC(=O)c3ccc(N(C)C)cc3)c(-c3ccc(C(C)(C)C)cc3)oc2c1. The second kappa shape index (κ2) is 8.82. The number of esters is 1. The van der Waals surface area contributed by atoms with Gasteiger partial charge in [0.25, 0.3) is 0 Å². The number of rotatable bonds is 4.